The second-order valence-corrected chi connectivity index (χ2v) is 7.25. The van der Waals surface area contributed by atoms with Gasteiger partial charge in [-0.2, -0.15) is 5.10 Å². The van der Waals surface area contributed by atoms with Crippen molar-refractivity contribution in [3.63, 3.8) is 0 Å². The van der Waals surface area contributed by atoms with Gasteiger partial charge in [0.1, 0.15) is 0 Å². The van der Waals surface area contributed by atoms with Crippen molar-refractivity contribution < 1.29 is 8.42 Å². The van der Waals surface area contributed by atoms with Gasteiger partial charge >= 0.3 is 0 Å². The summed E-state index contributed by atoms with van der Waals surface area (Å²) in [5, 5.41) is 10.8. The Bertz CT molecular complexity index is 642. The zero-order valence-electron chi connectivity index (χ0n) is 15.0. The molecule has 0 amide bonds. The van der Waals surface area contributed by atoms with Crippen molar-refractivity contribution in [1.82, 2.24) is 25.1 Å². The predicted octanol–water partition coefficient (Wildman–Crippen LogP) is 0.649. The molecule has 0 aromatic carbocycles. The Kier molecular flexibility index (Phi) is 10.5. The van der Waals surface area contributed by atoms with Crippen LogP contribution in [-0.2, 0) is 23.6 Å². The first kappa shape index (κ1) is 23.1. The van der Waals surface area contributed by atoms with E-state index in [1.807, 2.05) is 32.5 Å². The molecule has 0 aliphatic carbocycles. The number of nitrogens with one attached hydrogen (secondary N) is 3. The van der Waals surface area contributed by atoms with Crippen molar-refractivity contribution in [3.8, 4) is 0 Å². The highest BCUT2D eigenvalue weighted by Gasteiger charge is 2.09. The Labute approximate surface area is 162 Å². The Hall–Kier alpha value is -0.880. The molecule has 0 saturated heterocycles. The number of aromatic nitrogens is 2. The molecule has 1 heterocycles. The van der Waals surface area contributed by atoms with Gasteiger partial charge in [-0.3, -0.25) is 4.68 Å². The Morgan fingerprint density at radius 1 is 1.25 bits per heavy atom. The van der Waals surface area contributed by atoms with Gasteiger partial charge < -0.3 is 10.6 Å². The molecule has 0 unspecified atom stereocenters. The van der Waals surface area contributed by atoms with Crippen LogP contribution in [0.15, 0.2) is 4.99 Å². The van der Waals surface area contributed by atoms with Crippen molar-refractivity contribution in [1.29, 1.82) is 0 Å². The highest BCUT2D eigenvalue weighted by Crippen LogP contribution is 2.12. The second kappa shape index (κ2) is 10.9. The molecule has 3 N–H and O–H groups in total. The third-order valence-electron chi connectivity index (χ3n) is 3.41. The first-order valence-electron chi connectivity index (χ1n) is 7.70. The fraction of sp³-hybridized carbons (Fsp3) is 0.714. The minimum Gasteiger partial charge on any atom is -0.357 e. The lowest BCUT2D eigenvalue weighted by Crippen LogP contribution is -2.38. The number of nitrogens with zero attached hydrogens (tertiary/aromatic N) is 3. The summed E-state index contributed by atoms with van der Waals surface area (Å²) >= 11 is 0. The second-order valence-electron chi connectivity index (χ2n) is 5.41. The molecule has 140 valence electrons. The van der Waals surface area contributed by atoms with Crippen LogP contribution in [0.3, 0.4) is 0 Å². The molecular formula is C14H29IN6O2S. The molecule has 0 radical (unpaired) electrons. The summed E-state index contributed by atoms with van der Waals surface area (Å²) in [4.78, 5) is 4.57. The fourth-order valence-corrected chi connectivity index (χ4v) is 2.61. The van der Waals surface area contributed by atoms with E-state index in [4.69, 9.17) is 0 Å². The molecule has 1 rings (SSSR count). The van der Waals surface area contributed by atoms with E-state index in [2.05, 4.69) is 25.4 Å². The summed E-state index contributed by atoms with van der Waals surface area (Å²) in [5.41, 5.74) is 3.23. The van der Waals surface area contributed by atoms with E-state index in [9.17, 15) is 8.42 Å². The quantitative estimate of drug-likeness (QED) is 0.223. The third kappa shape index (κ3) is 8.29. The number of aliphatic imine (C=N–C) groups is 1. The van der Waals surface area contributed by atoms with Gasteiger partial charge in [0, 0.05) is 37.9 Å². The first-order valence-corrected chi connectivity index (χ1v) is 9.59. The standard InChI is InChI=1S/C14H28N6O2S.HI/c1-6-15-14(16-8-7-9-18-23(5,21)22)17-10-13-11(2)19-20(4)12(13)3;/h18H,6-10H2,1-5H3,(H2,15,16,17);1H. The van der Waals surface area contributed by atoms with Gasteiger partial charge in [-0.25, -0.2) is 18.1 Å². The smallest absolute Gasteiger partial charge is 0.208 e. The average molecular weight is 472 g/mol. The van der Waals surface area contributed by atoms with Crippen LogP contribution in [0.25, 0.3) is 0 Å². The SMILES string of the molecule is CCNC(=NCc1c(C)nn(C)c1C)NCCCNS(C)(=O)=O.I. The molecule has 24 heavy (non-hydrogen) atoms. The van der Waals surface area contributed by atoms with Gasteiger partial charge in [-0.15, -0.1) is 24.0 Å². The zero-order valence-corrected chi connectivity index (χ0v) is 18.2. The molecular weight excluding hydrogens is 443 g/mol. The average Bonchev–Trinajstić information content (AvgIpc) is 2.68. The molecule has 0 aliphatic heterocycles. The maximum Gasteiger partial charge on any atom is 0.208 e. The van der Waals surface area contributed by atoms with Crippen LogP contribution in [-0.4, -0.2) is 50.0 Å². The molecule has 1 aromatic rings. The number of sulfonamides is 1. The maximum absolute atomic E-state index is 11.0. The van der Waals surface area contributed by atoms with Crippen LogP contribution in [0.5, 0.6) is 0 Å². The monoisotopic (exact) mass is 472 g/mol. The van der Waals surface area contributed by atoms with Crippen LogP contribution < -0.4 is 15.4 Å². The lowest BCUT2D eigenvalue weighted by molar-refractivity contribution is 0.584. The zero-order chi connectivity index (χ0) is 17.5. The van der Waals surface area contributed by atoms with Crippen molar-refractivity contribution in [2.24, 2.45) is 12.0 Å². The molecule has 0 fully saturated rings. The summed E-state index contributed by atoms with van der Waals surface area (Å²) in [7, 11) is -1.20. The molecule has 10 heteroatoms. The highest BCUT2D eigenvalue weighted by molar-refractivity contribution is 14.0. The Morgan fingerprint density at radius 3 is 2.42 bits per heavy atom. The van der Waals surface area contributed by atoms with Crippen LogP contribution in [0.1, 0.15) is 30.3 Å². The van der Waals surface area contributed by atoms with Gasteiger partial charge in [0.05, 0.1) is 18.5 Å². The van der Waals surface area contributed by atoms with Gasteiger partial charge in [0.2, 0.25) is 10.0 Å². The summed E-state index contributed by atoms with van der Waals surface area (Å²) < 4.78 is 26.3. The predicted molar refractivity (Wildman–Crippen MR) is 108 cm³/mol. The van der Waals surface area contributed by atoms with Crippen LogP contribution in [0.4, 0.5) is 0 Å². The summed E-state index contributed by atoms with van der Waals surface area (Å²) in [6.07, 6.45) is 1.84. The number of halogens is 1. The first-order chi connectivity index (χ1) is 10.7. The third-order valence-corrected chi connectivity index (χ3v) is 4.14. The lowest BCUT2D eigenvalue weighted by atomic mass is 10.2. The summed E-state index contributed by atoms with van der Waals surface area (Å²) in [6.45, 7) is 8.38. The molecule has 0 spiro atoms. The van der Waals surface area contributed by atoms with Crippen LogP contribution in [0.2, 0.25) is 0 Å². The molecule has 8 nitrogen and oxygen atoms in total. The Balaban J connectivity index is 0.00000529. The summed E-state index contributed by atoms with van der Waals surface area (Å²) in [6, 6.07) is 0. The van der Waals surface area contributed by atoms with Gasteiger partial charge in [0.15, 0.2) is 5.96 Å². The lowest BCUT2D eigenvalue weighted by Gasteiger charge is -2.11. The minimum absolute atomic E-state index is 0. The van der Waals surface area contributed by atoms with E-state index >= 15 is 0 Å². The largest absolute Gasteiger partial charge is 0.357 e. The van der Waals surface area contributed by atoms with Crippen LogP contribution >= 0.6 is 24.0 Å². The van der Waals surface area contributed by atoms with Crippen molar-refractivity contribution in [2.45, 2.75) is 33.7 Å². The van der Waals surface area contributed by atoms with Gasteiger partial charge in [0.25, 0.3) is 0 Å². The normalized spacial score (nSPS) is 12.0. The van der Waals surface area contributed by atoms with E-state index in [0.29, 0.717) is 26.1 Å². The number of hydrogen-bond donors (Lipinski definition) is 3. The van der Waals surface area contributed by atoms with E-state index in [1.54, 1.807) is 0 Å². The number of hydrogen-bond acceptors (Lipinski definition) is 4. The van der Waals surface area contributed by atoms with Crippen molar-refractivity contribution in [3.05, 3.63) is 17.0 Å². The number of aryl methyl sites for hydroxylation is 2. The maximum atomic E-state index is 11.0. The van der Waals surface area contributed by atoms with Gasteiger partial charge in [-0.05, 0) is 27.2 Å². The van der Waals surface area contributed by atoms with Crippen LogP contribution in [0, 0.1) is 13.8 Å². The van der Waals surface area contributed by atoms with Crippen molar-refractivity contribution in [2.75, 3.05) is 25.9 Å². The molecule has 0 saturated carbocycles. The van der Waals surface area contributed by atoms with E-state index < -0.39 is 10.0 Å². The summed E-state index contributed by atoms with van der Waals surface area (Å²) in [5.74, 6) is 0.717. The molecule has 0 atom stereocenters. The van der Waals surface area contributed by atoms with E-state index in [0.717, 1.165) is 35.7 Å². The Morgan fingerprint density at radius 2 is 1.92 bits per heavy atom. The number of rotatable bonds is 8. The molecule has 0 bridgehead atoms. The van der Waals surface area contributed by atoms with E-state index in [-0.39, 0.29) is 24.0 Å². The highest BCUT2D eigenvalue weighted by atomic mass is 127. The van der Waals surface area contributed by atoms with E-state index in [1.165, 1.54) is 0 Å². The molecule has 1 aromatic heterocycles. The minimum atomic E-state index is -3.12. The number of guanidine groups is 1. The fourth-order valence-electron chi connectivity index (χ4n) is 2.10. The van der Waals surface area contributed by atoms with Crippen molar-refractivity contribution >= 4 is 40.0 Å². The molecule has 0 aliphatic rings. The topological polar surface area (TPSA) is 100 Å². The van der Waals surface area contributed by atoms with Gasteiger partial charge in [-0.1, -0.05) is 0 Å².